The van der Waals surface area contributed by atoms with E-state index in [1.54, 1.807) is 12.1 Å². The minimum Gasteiger partial charge on any atom is -0.459 e. The number of hydrogen-bond donors (Lipinski definition) is 1. The number of carbonyl (C=O) groups excluding carboxylic acids is 1. The molecule has 0 saturated carbocycles. The first-order valence-electron chi connectivity index (χ1n) is 8.71. The van der Waals surface area contributed by atoms with Gasteiger partial charge in [-0.15, -0.1) is 0 Å². The predicted molar refractivity (Wildman–Crippen MR) is 114 cm³/mol. The van der Waals surface area contributed by atoms with Crippen molar-refractivity contribution in [1.82, 2.24) is 5.32 Å². The Morgan fingerprint density at radius 3 is 2.18 bits per heavy atom. The lowest BCUT2D eigenvalue weighted by Crippen LogP contribution is -2.31. The molecule has 2 aromatic rings. The molecule has 0 radical (unpaired) electrons. The molecule has 0 heterocycles. The molecular formula is C22H24BrN3O2. The number of carbonyl (C=O) groups is 1. The Labute approximate surface area is 175 Å². The summed E-state index contributed by atoms with van der Waals surface area (Å²) in [7, 11) is 0. The number of esters is 1. The van der Waals surface area contributed by atoms with Gasteiger partial charge in [0.1, 0.15) is 5.60 Å². The Morgan fingerprint density at radius 1 is 1.14 bits per heavy atom. The largest absolute Gasteiger partial charge is 0.459 e. The number of rotatable bonds is 5. The minimum atomic E-state index is -0.448. The van der Waals surface area contributed by atoms with Crippen molar-refractivity contribution in [2.24, 2.45) is 0 Å². The van der Waals surface area contributed by atoms with Gasteiger partial charge in [0, 0.05) is 11.9 Å². The van der Waals surface area contributed by atoms with Gasteiger partial charge in [-0.2, -0.15) is 5.26 Å². The maximum absolute atomic E-state index is 11.4. The highest BCUT2D eigenvalue weighted by Gasteiger charge is 2.15. The van der Waals surface area contributed by atoms with E-state index in [-0.39, 0.29) is 12.5 Å². The van der Waals surface area contributed by atoms with Crippen LogP contribution >= 0.6 is 15.9 Å². The zero-order valence-corrected chi connectivity index (χ0v) is 17.9. The zero-order valence-electron chi connectivity index (χ0n) is 16.3. The average molecular weight is 442 g/mol. The van der Waals surface area contributed by atoms with E-state index in [4.69, 9.17) is 16.6 Å². The molecule has 2 aromatic carbocycles. The van der Waals surface area contributed by atoms with E-state index in [0.717, 1.165) is 10.9 Å². The van der Waals surface area contributed by atoms with E-state index in [2.05, 4.69) is 32.2 Å². The Bertz CT molecular complexity index is 827. The van der Waals surface area contributed by atoms with Crippen molar-refractivity contribution in [3.63, 3.8) is 0 Å². The molecule has 1 N–H and O–H groups in total. The van der Waals surface area contributed by atoms with Gasteiger partial charge in [-0.05, 0) is 44.0 Å². The van der Waals surface area contributed by atoms with Gasteiger partial charge < -0.3 is 10.1 Å². The second-order valence-corrected chi connectivity index (χ2v) is 7.47. The van der Waals surface area contributed by atoms with E-state index < -0.39 is 5.60 Å². The number of halogens is 1. The summed E-state index contributed by atoms with van der Waals surface area (Å²) in [6.45, 7) is 13.1. The fraction of sp³-hybridized carbons (Fsp3) is 0.318. The maximum atomic E-state index is 11.4. The van der Waals surface area contributed by atoms with Crippen LogP contribution in [0.4, 0.5) is 5.69 Å². The van der Waals surface area contributed by atoms with Gasteiger partial charge in [-0.1, -0.05) is 52.3 Å². The molecule has 0 bridgehead atoms. The molecule has 2 rings (SSSR count). The highest BCUT2D eigenvalue weighted by molar-refractivity contribution is 9.08. The number of ether oxygens (including phenoxy) is 1. The molecule has 0 atom stereocenters. The van der Waals surface area contributed by atoms with Crippen LogP contribution in [0, 0.1) is 17.9 Å². The van der Waals surface area contributed by atoms with Gasteiger partial charge in [0.2, 0.25) is 0 Å². The molecule has 0 aromatic heterocycles. The number of benzene rings is 2. The van der Waals surface area contributed by atoms with Crippen LogP contribution in [0.1, 0.15) is 37.5 Å². The highest BCUT2D eigenvalue weighted by atomic mass is 79.9. The fourth-order valence-corrected chi connectivity index (χ4v) is 2.42. The molecule has 0 unspecified atom stereocenters. The predicted octanol–water partition coefficient (Wildman–Crippen LogP) is 5.12. The summed E-state index contributed by atoms with van der Waals surface area (Å²) in [5.41, 5.74) is 3.11. The molecule has 0 saturated heterocycles. The quantitative estimate of drug-likeness (QED) is 0.397. The fourth-order valence-electron chi connectivity index (χ4n) is 2.04. The molecule has 0 aliphatic carbocycles. The number of hydrogen-bond acceptors (Lipinski definition) is 4. The second-order valence-electron chi connectivity index (χ2n) is 6.91. The van der Waals surface area contributed by atoms with Crippen LogP contribution in [-0.2, 0) is 21.4 Å². The monoisotopic (exact) mass is 441 g/mol. The lowest BCUT2D eigenvalue weighted by Gasteiger charge is -2.19. The lowest BCUT2D eigenvalue weighted by molar-refractivity contribution is -0.153. The van der Waals surface area contributed by atoms with E-state index in [0.29, 0.717) is 17.8 Å². The molecule has 28 heavy (non-hydrogen) atoms. The Kier molecular flexibility index (Phi) is 9.95. The number of nitriles is 1. The van der Waals surface area contributed by atoms with Crippen LogP contribution in [0.2, 0.25) is 0 Å². The van der Waals surface area contributed by atoms with Gasteiger partial charge in [0.05, 0.1) is 24.7 Å². The van der Waals surface area contributed by atoms with Gasteiger partial charge in [0.15, 0.2) is 5.69 Å². The van der Waals surface area contributed by atoms with Crippen LogP contribution in [0.5, 0.6) is 0 Å². The van der Waals surface area contributed by atoms with Crippen molar-refractivity contribution < 1.29 is 9.53 Å². The molecule has 0 aliphatic heterocycles. The summed E-state index contributed by atoms with van der Waals surface area (Å²) in [4.78, 5) is 14.7. The van der Waals surface area contributed by atoms with Crippen molar-refractivity contribution >= 4 is 27.6 Å². The highest BCUT2D eigenvalue weighted by Crippen LogP contribution is 2.12. The third kappa shape index (κ3) is 9.87. The second kappa shape index (κ2) is 11.9. The average Bonchev–Trinajstić information content (AvgIpc) is 2.67. The van der Waals surface area contributed by atoms with Gasteiger partial charge in [-0.25, -0.2) is 4.85 Å². The summed E-state index contributed by atoms with van der Waals surface area (Å²) in [5, 5.41) is 12.3. The molecule has 6 heteroatoms. The third-order valence-corrected chi connectivity index (χ3v) is 3.97. The molecule has 0 spiro atoms. The summed E-state index contributed by atoms with van der Waals surface area (Å²) in [6.07, 6.45) is 0. The zero-order chi connectivity index (χ0) is 21.0. The van der Waals surface area contributed by atoms with Gasteiger partial charge >= 0.3 is 5.97 Å². The van der Waals surface area contributed by atoms with Crippen molar-refractivity contribution in [2.45, 2.75) is 38.2 Å². The van der Waals surface area contributed by atoms with E-state index >= 15 is 0 Å². The first-order valence-corrected chi connectivity index (χ1v) is 9.83. The van der Waals surface area contributed by atoms with Crippen LogP contribution < -0.4 is 5.32 Å². The van der Waals surface area contributed by atoms with Crippen molar-refractivity contribution in [3.8, 4) is 6.07 Å². The van der Waals surface area contributed by atoms with Crippen molar-refractivity contribution in [1.29, 1.82) is 5.26 Å². The third-order valence-electron chi connectivity index (χ3n) is 3.32. The van der Waals surface area contributed by atoms with Crippen molar-refractivity contribution in [3.05, 3.63) is 76.6 Å². The Balaban J connectivity index is 0.000000330. The number of nitrogens with zero attached hydrogens (tertiary/aromatic N) is 2. The first kappa shape index (κ1) is 23.4. The number of nitrogens with one attached hydrogen (secondary N) is 1. The van der Waals surface area contributed by atoms with Crippen LogP contribution in [-0.4, -0.2) is 18.1 Å². The summed E-state index contributed by atoms with van der Waals surface area (Å²) in [6, 6.07) is 16.8. The SMILES string of the molecule is N#Cc1ccc(CBr)cc1.[C-]#[N+]c1ccc(CNCC(=O)OC(C)(C)C)cc1. The van der Waals surface area contributed by atoms with Crippen molar-refractivity contribution in [2.75, 3.05) is 6.54 Å². The van der Waals surface area contributed by atoms with Crippen LogP contribution in [0.3, 0.4) is 0 Å². The molecule has 5 nitrogen and oxygen atoms in total. The minimum absolute atomic E-state index is 0.182. The maximum Gasteiger partial charge on any atom is 0.320 e. The standard InChI is InChI=1S/C14H18N2O2.C8H6BrN/c1-14(2,3)18-13(17)10-16-9-11-5-7-12(15-4)8-6-11;9-5-7-1-3-8(6-10)4-2-7/h5-8,16H,9-10H2,1-3H3;1-4H,5H2. The molecule has 0 fully saturated rings. The van der Waals surface area contributed by atoms with E-state index in [1.807, 2.05) is 57.2 Å². The molecular weight excluding hydrogens is 418 g/mol. The van der Waals surface area contributed by atoms with Crippen LogP contribution in [0.25, 0.3) is 4.85 Å². The number of alkyl halides is 1. The molecule has 0 amide bonds. The van der Waals surface area contributed by atoms with E-state index in [1.165, 1.54) is 5.56 Å². The van der Waals surface area contributed by atoms with Gasteiger partial charge in [0.25, 0.3) is 0 Å². The van der Waals surface area contributed by atoms with E-state index in [9.17, 15) is 4.79 Å². The molecule has 146 valence electrons. The van der Waals surface area contributed by atoms with Gasteiger partial charge in [-0.3, -0.25) is 4.79 Å². The summed E-state index contributed by atoms with van der Waals surface area (Å²) < 4.78 is 5.17. The topological polar surface area (TPSA) is 66.5 Å². The smallest absolute Gasteiger partial charge is 0.320 e. The summed E-state index contributed by atoms with van der Waals surface area (Å²) in [5.74, 6) is -0.264. The molecule has 0 aliphatic rings. The lowest BCUT2D eigenvalue weighted by atomic mass is 10.2. The first-order chi connectivity index (χ1) is 13.3. The normalized spacial score (nSPS) is 10.1. The Hall–Kier alpha value is -2.67. The Morgan fingerprint density at radius 2 is 1.71 bits per heavy atom. The van der Waals surface area contributed by atoms with Crippen LogP contribution in [0.15, 0.2) is 48.5 Å². The summed E-state index contributed by atoms with van der Waals surface area (Å²) >= 11 is 3.32.